The van der Waals surface area contributed by atoms with Crippen LogP contribution in [0.3, 0.4) is 0 Å². The topological polar surface area (TPSA) is 50.7 Å². The highest BCUT2D eigenvalue weighted by Crippen LogP contribution is 2.26. The average Bonchev–Trinajstić information content (AvgIpc) is 2.45. The molecule has 1 aromatic carbocycles. The van der Waals surface area contributed by atoms with E-state index >= 15 is 0 Å². The number of hydrogen-bond donors (Lipinski definition) is 2. The maximum absolute atomic E-state index is 10.1. The lowest BCUT2D eigenvalue weighted by atomic mass is 9.92. The zero-order valence-electron chi connectivity index (χ0n) is 12.7. The molecule has 1 saturated heterocycles. The summed E-state index contributed by atoms with van der Waals surface area (Å²) in [5.74, 6) is 0.761. The standard InChI is InChI=1S/C16H24BrNO3/c1-12-3-4-15(14(17)9-12)21-11-13(19)10-18-16(2)5-7-20-8-6-16/h3-4,9,13,18-19H,5-8,10-11H2,1-2H3. The van der Waals surface area contributed by atoms with Gasteiger partial charge in [0.15, 0.2) is 0 Å². The van der Waals surface area contributed by atoms with E-state index in [1.165, 1.54) is 5.56 Å². The molecule has 0 amide bonds. The number of ether oxygens (including phenoxy) is 2. The van der Waals surface area contributed by atoms with Crippen LogP contribution in [-0.2, 0) is 4.74 Å². The van der Waals surface area contributed by atoms with Gasteiger partial charge in [0.05, 0.1) is 4.47 Å². The van der Waals surface area contributed by atoms with Crippen LogP contribution in [0.15, 0.2) is 22.7 Å². The van der Waals surface area contributed by atoms with E-state index in [-0.39, 0.29) is 12.1 Å². The van der Waals surface area contributed by atoms with E-state index in [1.54, 1.807) is 0 Å². The fourth-order valence-electron chi connectivity index (χ4n) is 2.33. The summed E-state index contributed by atoms with van der Waals surface area (Å²) in [6, 6.07) is 5.91. The minimum Gasteiger partial charge on any atom is -0.490 e. The Morgan fingerprint density at radius 1 is 1.43 bits per heavy atom. The SMILES string of the molecule is Cc1ccc(OCC(O)CNC2(C)CCOCC2)c(Br)c1. The highest BCUT2D eigenvalue weighted by atomic mass is 79.9. The van der Waals surface area contributed by atoms with Gasteiger partial charge in [-0.25, -0.2) is 0 Å². The van der Waals surface area contributed by atoms with Crippen LogP contribution in [0.4, 0.5) is 0 Å². The summed E-state index contributed by atoms with van der Waals surface area (Å²) in [5, 5.41) is 13.5. The van der Waals surface area contributed by atoms with Crippen molar-refractivity contribution in [3.63, 3.8) is 0 Å². The van der Waals surface area contributed by atoms with E-state index in [0.717, 1.165) is 36.3 Å². The van der Waals surface area contributed by atoms with Gasteiger partial charge in [-0.05, 0) is 60.3 Å². The number of benzene rings is 1. The van der Waals surface area contributed by atoms with Crippen LogP contribution in [0.5, 0.6) is 5.75 Å². The second-order valence-electron chi connectivity index (χ2n) is 5.95. The molecule has 1 aliphatic heterocycles. The Morgan fingerprint density at radius 3 is 2.81 bits per heavy atom. The number of aliphatic hydroxyl groups is 1. The minimum absolute atomic E-state index is 0.0592. The molecule has 0 spiro atoms. The Balaban J connectivity index is 1.75. The second kappa shape index (κ2) is 7.58. The number of hydrogen-bond acceptors (Lipinski definition) is 4. The molecule has 1 aliphatic rings. The molecule has 1 aromatic rings. The summed E-state index contributed by atoms with van der Waals surface area (Å²) in [6.07, 6.45) is 1.42. The second-order valence-corrected chi connectivity index (χ2v) is 6.81. The van der Waals surface area contributed by atoms with E-state index in [4.69, 9.17) is 9.47 Å². The monoisotopic (exact) mass is 357 g/mol. The molecule has 1 fully saturated rings. The molecular formula is C16H24BrNO3. The fraction of sp³-hybridized carbons (Fsp3) is 0.625. The molecule has 0 aromatic heterocycles. The minimum atomic E-state index is -0.530. The molecule has 2 N–H and O–H groups in total. The van der Waals surface area contributed by atoms with Crippen molar-refractivity contribution in [2.75, 3.05) is 26.4 Å². The summed E-state index contributed by atoms with van der Waals surface area (Å²) < 4.78 is 11.9. The summed E-state index contributed by atoms with van der Waals surface area (Å²) in [6.45, 7) is 6.58. The molecule has 0 bridgehead atoms. The average molecular weight is 358 g/mol. The lowest BCUT2D eigenvalue weighted by molar-refractivity contribution is 0.0342. The Hall–Kier alpha value is -0.620. The van der Waals surface area contributed by atoms with Crippen molar-refractivity contribution in [1.29, 1.82) is 0 Å². The predicted octanol–water partition coefficient (Wildman–Crippen LogP) is 2.66. The van der Waals surface area contributed by atoms with Crippen LogP contribution in [0.2, 0.25) is 0 Å². The third-order valence-corrected chi connectivity index (χ3v) is 4.50. The van der Waals surface area contributed by atoms with Gasteiger partial charge in [0.2, 0.25) is 0 Å². The van der Waals surface area contributed by atoms with Crippen molar-refractivity contribution in [2.45, 2.75) is 38.3 Å². The molecule has 5 heteroatoms. The smallest absolute Gasteiger partial charge is 0.133 e. The third kappa shape index (κ3) is 5.25. The van der Waals surface area contributed by atoms with Crippen LogP contribution in [-0.4, -0.2) is 43.1 Å². The van der Waals surface area contributed by atoms with Gasteiger partial charge >= 0.3 is 0 Å². The van der Waals surface area contributed by atoms with Gasteiger partial charge < -0.3 is 19.9 Å². The molecule has 2 rings (SSSR count). The predicted molar refractivity (Wildman–Crippen MR) is 86.8 cm³/mol. The van der Waals surface area contributed by atoms with Gasteiger partial charge in [-0.15, -0.1) is 0 Å². The molecule has 4 nitrogen and oxygen atoms in total. The first-order valence-corrected chi connectivity index (χ1v) is 8.18. The van der Waals surface area contributed by atoms with E-state index < -0.39 is 6.10 Å². The first kappa shape index (κ1) is 16.7. The number of nitrogens with one attached hydrogen (secondary N) is 1. The normalized spacial score (nSPS) is 19.2. The van der Waals surface area contributed by atoms with Crippen LogP contribution in [0.1, 0.15) is 25.3 Å². The van der Waals surface area contributed by atoms with Crippen LogP contribution < -0.4 is 10.1 Å². The number of aliphatic hydroxyl groups excluding tert-OH is 1. The highest BCUT2D eigenvalue weighted by Gasteiger charge is 2.27. The van der Waals surface area contributed by atoms with Crippen molar-refractivity contribution in [1.82, 2.24) is 5.32 Å². The van der Waals surface area contributed by atoms with E-state index in [0.29, 0.717) is 6.54 Å². The van der Waals surface area contributed by atoms with Gasteiger partial charge in [0.1, 0.15) is 18.5 Å². The molecular weight excluding hydrogens is 334 g/mol. The lowest BCUT2D eigenvalue weighted by Gasteiger charge is -2.35. The zero-order chi connectivity index (χ0) is 15.3. The number of aryl methyl sites for hydroxylation is 1. The van der Waals surface area contributed by atoms with Crippen LogP contribution in [0, 0.1) is 6.92 Å². The molecule has 1 atom stereocenters. The van der Waals surface area contributed by atoms with E-state index in [9.17, 15) is 5.11 Å². The Kier molecular flexibility index (Phi) is 6.05. The van der Waals surface area contributed by atoms with Crippen LogP contribution in [0.25, 0.3) is 0 Å². The van der Waals surface area contributed by atoms with Crippen molar-refractivity contribution in [3.05, 3.63) is 28.2 Å². The number of halogens is 1. The molecule has 1 unspecified atom stereocenters. The van der Waals surface area contributed by atoms with Crippen molar-refractivity contribution in [2.24, 2.45) is 0 Å². The summed E-state index contributed by atoms with van der Waals surface area (Å²) in [4.78, 5) is 0. The molecule has 21 heavy (non-hydrogen) atoms. The summed E-state index contributed by atoms with van der Waals surface area (Å²) in [7, 11) is 0. The molecule has 0 aliphatic carbocycles. The van der Waals surface area contributed by atoms with Crippen LogP contribution >= 0.6 is 15.9 Å². The molecule has 0 saturated carbocycles. The molecule has 0 radical (unpaired) electrons. The zero-order valence-corrected chi connectivity index (χ0v) is 14.3. The van der Waals surface area contributed by atoms with Gasteiger partial charge in [0.25, 0.3) is 0 Å². The van der Waals surface area contributed by atoms with Crippen molar-refractivity contribution in [3.8, 4) is 5.75 Å². The number of rotatable bonds is 6. The number of β-amino-alcohol motifs (C(OH)–C–C–N with tert-alkyl or cyclic N) is 1. The Morgan fingerprint density at radius 2 is 2.14 bits per heavy atom. The van der Waals surface area contributed by atoms with Crippen molar-refractivity contribution < 1.29 is 14.6 Å². The first-order chi connectivity index (χ1) is 9.98. The summed E-state index contributed by atoms with van der Waals surface area (Å²) >= 11 is 3.47. The quantitative estimate of drug-likeness (QED) is 0.821. The van der Waals surface area contributed by atoms with E-state index in [2.05, 4.69) is 28.2 Å². The third-order valence-electron chi connectivity index (χ3n) is 3.88. The maximum atomic E-state index is 10.1. The van der Waals surface area contributed by atoms with Gasteiger partial charge in [-0.2, -0.15) is 0 Å². The highest BCUT2D eigenvalue weighted by molar-refractivity contribution is 9.10. The fourth-order valence-corrected chi connectivity index (χ4v) is 2.94. The Bertz CT molecular complexity index is 461. The van der Waals surface area contributed by atoms with Gasteiger partial charge in [-0.3, -0.25) is 0 Å². The first-order valence-electron chi connectivity index (χ1n) is 7.38. The molecule has 1 heterocycles. The summed E-state index contributed by atoms with van der Waals surface area (Å²) in [5.41, 5.74) is 1.23. The van der Waals surface area contributed by atoms with E-state index in [1.807, 2.05) is 25.1 Å². The van der Waals surface area contributed by atoms with Gasteiger partial charge in [0, 0.05) is 25.3 Å². The van der Waals surface area contributed by atoms with Gasteiger partial charge in [-0.1, -0.05) is 6.07 Å². The maximum Gasteiger partial charge on any atom is 0.133 e. The molecule has 118 valence electrons. The Labute approximate surface area is 135 Å². The lowest BCUT2D eigenvalue weighted by Crippen LogP contribution is -2.50. The van der Waals surface area contributed by atoms with Crippen molar-refractivity contribution >= 4 is 15.9 Å². The largest absolute Gasteiger partial charge is 0.490 e.